The van der Waals surface area contributed by atoms with E-state index in [1.807, 2.05) is 0 Å². The SMILES string of the molecule is COc1ccc(Cl)c2sc(NC(=O)COc3ccccc3F)nc12. The number of carbonyl (C=O) groups excluding carboxylic acids is 1. The van der Waals surface area contributed by atoms with Crippen molar-refractivity contribution in [3.8, 4) is 11.5 Å². The summed E-state index contributed by atoms with van der Waals surface area (Å²) in [4.78, 5) is 16.3. The van der Waals surface area contributed by atoms with E-state index in [0.717, 1.165) is 0 Å². The number of methoxy groups -OCH3 is 1. The van der Waals surface area contributed by atoms with Crippen LogP contribution >= 0.6 is 22.9 Å². The molecule has 3 rings (SSSR count). The second-order valence-electron chi connectivity index (χ2n) is 4.71. The second-order valence-corrected chi connectivity index (χ2v) is 6.12. The number of nitrogens with zero attached hydrogens (tertiary/aromatic N) is 1. The van der Waals surface area contributed by atoms with Crippen LogP contribution < -0.4 is 14.8 Å². The number of halogens is 2. The van der Waals surface area contributed by atoms with E-state index in [2.05, 4.69) is 10.3 Å². The van der Waals surface area contributed by atoms with Crippen molar-refractivity contribution in [3.63, 3.8) is 0 Å². The van der Waals surface area contributed by atoms with Crippen LogP contribution in [0.15, 0.2) is 36.4 Å². The Morgan fingerprint density at radius 3 is 2.83 bits per heavy atom. The van der Waals surface area contributed by atoms with E-state index in [0.29, 0.717) is 26.1 Å². The van der Waals surface area contributed by atoms with Gasteiger partial charge in [-0.05, 0) is 24.3 Å². The third kappa shape index (κ3) is 3.42. The molecule has 124 valence electrons. The largest absolute Gasteiger partial charge is 0.494 e. The topological polar surface area (TPSA) is 60.5 Å². The predicted molar refractivity (Wildman–Crippen MR) is 91.7 cm³/mol. The number of benzene rings is 2. The molecule has 1 amide bonds. The predicted octanol–water partition coefficient (Wildman–Crippen LogP) is 4.11. The van der Waals surface area contributed by atoms with Crippen LogP contribution in [-0.2, 0) is 4.79 Å². The summed E-state index contributed by atoms with van der Waals surface area (Å²) in [6.07, 6.45) is 0. The molecule has 0 unspecified atom stereocenters. The molecule has 0 aliphatic rings. The van der Waals surface area contributed by atoms with Crippen LogP contribution in [0.1, 0.15) is 0 Å². The lowest BCUT2D eigenvalue weighted by Gasteiger charge is -2.06. The minimum atomic E-state index is -0.526. The van der Waals surface area contributed by atoms with Crippen molar-refractivity contribution < 1.29 is 18.7 Å². The minimum Gasteiger partial charge on any atom is -0.494 e. The number of carbonyl (C=O) groups is 1. The molecule has 1 heterocycles. The van der Waals surface area contributed by atoms with Gasteiger partial charge in [-0.25, -0.2) is 9.37 Å². The number of amides is 1. The van der Waals surface area contributed by atoms with E-state index in [1.165, 1.54) is 30.6 Å². The molecule has 0 saturated carbocycles. The standard InChI is InChI=1S/C16H12ClFN2O3S/c1-22-12-7-6-9(17)15-14(12)20-16(24-15)19-13(21)8-23-11-5-3-2-4-10(11)18/h2-7H,8H2,1H3,(H,19,20,21). The van der Waals surface area contributed by atoms with Crippen molar-refractivity contribution in [2.75, 3.05) is 19.0 Å². The Balaban J connectivity index is 1.72. The summed E-state index contributed by atoms with van der Waals surface area (Å²) in [7, 11) is 1.53. The molecule has 2 aromatic carbocycles. The molecule has 0 aliphatic carbocycles. The quantitative estimate of drug-likeness (QED) is 0.738. The van der Waals surface area contributed by atoms with Gasteiger partial charge in [0.15, 0.2) is 23.3 Å². The number of rotatable bonds is 5. The first-order chi connectivity index (χ1) is 11.6. The fraction of sp³-hybridized carbons (Fsp3) is 0.125. The summed E-state index contributed by atoms with van der Waals surface area (Å²) in [5.74, 6) is -0.398. The first-order valence-electron chi connectivity index (χ1n) is 6.88. The van der Waals surface area contributed by atoms with E-state index in [1.54, 1.807) is 24.3 Å². The molecular formula is C16H12ClFN2O3S. The lowest BCUT2D eigenvalue weighted by molar-refractivity contribution is -0.118. The molecule has 8 heteroatoms. The normalized spacial score (nSPS) is 10.6. The lowest BCUT2D eigenvalue weighted by atomic mass is 10.3. The van der Waals surface area contributed by atoms with E-state index in [9.17, 15) is 9.18 Å². The number of hydrogen-bond donors (Lipinski definition) is 1. The second kappa shape index (κ2) is 7.02. The third-order valence-corrected chi connectivity index (χ3v) is 4.55. The van der Waals surface area contributed by atoms with Gasteiger partial charge in [-0.3, -0.25) is 10.1 Å². The van der Waals surface area contributed by atoms with Crippen LogP contribution in [0.3, 0.4) is 0 Å². The van der Waals surface area contributed by atoms with Crippen molar-refractivity contribution in [2.45, 2.75) is 0 Å². The molecule has 1 aromatic heterocycles. The third-order valence-electron chi connectivity index (χ3n) is 3.12. The van der Waals surface area contributed by atoms with Crippen LogP contribution in [0.25, 0.3) is 10.2 Å². The van der Waals surface area contributed by atoms with Gasteiger partial charge in [0.1, 0.15) is 11.3 Å². The van der Waals surface area contributed by atoms with E-state index in [4.69, 9.17) is 21.1 Å². The van der Waals surface area contributed by atoms with Gasteiger partial charge in [0.25, 0.3) is 5.91 Å². The lowest BCUT2D eigenvalue weighted by Crippen LogP contribution is -2.20. The first-order valence-corrected chi connectivity index (χ1v) is 8.08. The zero-order chi connectivity index (χ0) is 17.1. The van der Waals surface area contributed by atoms with Gasteiger partial charge in [-0.15, -0.1) is 0 Å². The number of aromatic nitrogens is 1. The van der Waals surface area contributed by atoms with Gasteiger partial charge in [-0.1, -0.05) is 35.1 Å². The Bertz CT molecular complexity index is 900. The van der Waals surface area contributed by atoms with Gasteiger partial charge in [0, 0.05) is 0 Å². The molecule has 0 aliphatic heterocycles. The van der Waals surface area contributed by atoms with Crippen molar-refractivity contribution in [1.29, 1.82) is 0 Å². The molecule has 0 atom stereocenters. The Hall–Kier alpha value is -2.38. The van der Waals surface area contributed by atoms with E-state index in [-0.39, 0.29) is 12.4 Å². The molecule has 0 radical (unpaired) electrons. The van der Waals surface area contributed by atoms with Crippen molar-refractivity contribution in [1.82, 2.24) is 4.98 Å². The number of nitrogens with one attached hydrogen (secondary N) is 1. The molecule has 0 spiro atoms. The van der Waals surface area contributed by atoms with Crippen molar-refractivity contribution >= 4 is 44.2 Å². The number of hydrogen-bond acceptors (Lipinski definition) is 5. The number of para-hydroxylation sites is 1. The highest BCUT2D eigenvalue weighted by Gasteiger charge is 2.14. The summed E-state index contributed by atoms with van der Waals surface area (Å²) >= 11 is 7.35. The van der Waals surface area contributed by atoms with Crippen LogP contribution in [0, 0.1) is 5.82 Å². The number of ether oxygens (including phenoxy) is 2. The van der Waals surface area contributed by atoms with Crippen LogP contribution in [0.4, 0.5) is 9.52 Å². The zero-order valence-corrected chi connectivity index (χ0v) is 14.1. The average molecular weight is 367 g/mol. The smallest absolute Gasteiger partial charge is 0.264 e. The first kappa shape index (κ1) is 16.5. The Kier molecular flexibility index (Phi) is 4.82. The summed E-state index contributed by atoms with van der Waals surface area (Å²) in [6, 6.07) is 9.28. The number of anilines is 1. The summed E-state index contributed by atoms with van der Waals surface area (Å²) in [5, 5.41) is 3.49. The maximum Gasteiger partial charge on any atom is 0.264 e. The molecule has 3 aromatic rings. The maximum atomic E-state index is 13.4. The van der Waals surface area contributed by atoms with Gasteiger partial charge in [0.2, 0.25) is 0 Å². The summed E-state index contributed by atoms with van der Waals surface area (Å²) in [5.41, 5.74) is 0.570. The number of thiazole rings is 1. The van der Waals surface area contributed by atoms with Gasteiger partial charge >= 0.3 is 0 Å². The van der Waals surface area contributed by atoms with Gasteiger partial charge in [-0.2, -0.15) is 0 Å². The van der Waals surface area contributed by atoms with Crippen molar-refractivity contribution in [3.05, 3.63) is 47.2 Å². The molecule has 24 heavy (non-hydrogen) atoms. The highest BCUT2D eigenvalue weighted by molar-refractivity contribution is 7.23. The van der Waals surface area contributed by atoms with E-state index < -0.39 is 11.7 Å². The number of fused-ring (bicyclic) bond motifs is 1. The Labute approximate surface area is 146 Å². The zero-order valence-electron chi connectivity index (χ0n) is 12.5. The van der Waals surface area contributed by atoms with Gasteiger partial charge < -0.3 is 9.47 Å². The minimum absolute atomic E-state index is 0.0154. The summed E-state index contributed by atoms with van der Waals surface area (Å²) in [6.45, 7) is -0.332. The van der Waals surface area contributed by atoms with Crippen LogP contribution in [0.5, 0.6) is 11.5 Å². The van der Waals surface area contributed by atoms with Crippen LogP contribution in [0.2, 0.25) is 5.02 Å². The monoisotopic (exact) mass is 366 g/mol. The molecule has 0 bridgehead atoms. The van der Waals surface area contributed by atoms with E-state index >= 15 is 0 Å². The maximum absolute atomic E-state index is 13.4. The highest BCUT2D eigenvalue weighted by atomic mass is 35.5. The van der Waals surface area contributed by atoms with Gasteiger partial charge in [0.05, 0.1) is 16.8 Å². The molecular weight excluding hydrogens is 355 g/mol. The Morgan fingerprint density at radius 1 is 1.29 bits per heavy atom. The summed E-state index contributed by atoms with van der Waals surface area (Å²) < 4.78 is 24.5. The highest BCUT2D eigenvalue weighted by Crippen LogP contribution is 2.37. The molecule has 1 N–H and O–H groups in total. The van der Waals surface area contributed by atoms with Crippen LogP contribution in [-0.4, -0.2) is 24.6 Å². The molecule has 0 saturated heterocycles. The molecule has 0 fully saturated rings. The van der Waals surface area contributed by atoms with Crippen molar-refractivity contribution in [2.24, 2.45) is 0 Å². The molecule has 5 nitrogen and oxygen atoms in total. The Morgan fingerprint density at radius 2 is 2.08 bits per heavy atom. The average Bonchev–Trinajstić information content (AvgIpc) is 2.99. The fourth-order valence-corrected chi connectivity index (χ4v) is 3.20. The fourth-order valence-electron chi connectivity index (χ4n) is 2.03.